The van der Waals surface area contributed by atoms with Crippen molar-refractivity contribution in [1.29, 1.82) is 0 Å². The van der Waals surface area contributed by atoms with Gasteiger partial charge >= 0.3 is 5.97 Å². The fraction of sp³-hybridized carbons (Fsp3) is 0.435. The quantitative estimate of drug-likeness (QED) is 0.765. The summed E-state index contributed by atoms with van der Waals surface area (Å²) < 4.78 is 17.8. The molecule has 0 aliphatic carbocycles. The lowest BCUT2D eigenvalue weighted by atomic mass is 9.89. The van der Waals surface area contributed by atoms with Gasteiger partial charge in [0.25, 0.3) is 0 Å². The molecule has 0 saturated carbocycles. The van der Waals surface area contributed by atoms with Gasteiger partial charge in [-0.05, 0) is 50.5 Å². The second-order valence-corrected chi connectivity index (χ2v) is 7.29. The van der Waals surface area contributed by atoms with Gasteiger partial charge in [0.2, 0.25) is 0 Å². The van der Waals surface area contributed by atoms with Crippen LogP contribution in [-0.2, 0) is 9.53 Å². The summed E-state index contributed by atoms with van der Waals surface area (Å²) in [5, 5.41) is 0. The van der Waals surface area contributed by atoms with E-state index in [2.05, 4.69) is 0 Å². The van der Waals surface area contributed by atoms with Crippen LogP contribution in [-0.4, -0.2) is 30.8 Å². The number of hydrogen-bond donors (Lipinski definition) is 1. The molecule has 3 rings (SSSR count). The van der Waals surface area contributed by atoms with Crippen LogP contribution in [0.2, 0.25) is 0 Å². The lowest BCUT2D eigenvalue weighted by Gasteiger charge is -2.31. The minimum Gasteiger partial charge on any atom is -0.494 e. The van der Waals surface area contributed by atoms with Crippen LogP contribution in [0.25, 0.3) is 0 Å². The molecule has 0 amide bonds. The Bertz CT molecular complexity index is 722. The van der Waals surface area contributed by atoms with Gasteiger partial charge in [-0.2, -0.15) is 0 Å². The number of cyclic esters (lactones) is 1. The van der Waals surface area contributed by atoms with Crippen molar-refractivity contribution < 1.29 is 19.0 Å². The van der Waals surface area contributed by atoms with E-state index in [4.69, 9.17) is 19.9 Å². The third kappa shape index (κ3) is 5.73. The zero-order valence-electron chi connectivity index (χ0n) is 16.3. The second kappa shape index (κ2) is 10.1. The van der Waals surface area contributed by atoms with Crippen LogP contribution < -0.4 is 15.2 Å². The number of rotatable bonds is 6. The maximum Gasteiger partial charge on any atom is 0.323 e. The van der Waals surface area contributed by atoms with Gasteiger partial charge in [0.1, 0.15) is 29.7 Å². The fourth-order valence-electron chi connectivity index (χ4n) is 3.60. The number of esters is 1. The maximum absolute atomic E-state index is 12.2. The van der Waals surface area contributed by atoms with E-state index < -0.39 is 12.1 Å². The van der Waals surface area contributed by atoms with Gasteiger partial charge in [-0.25, -0.2) is 0 Å². The van der Waals surface area contributed by atoms with Crippen molar-refractivity contribution in [3.8, 4) is 11.5 Å². The first kappa shape index (κ1) is 20.2. The minimum absolute atomic E-state index is 0.192. The Hall–Kier alpha value is -2.53. The number of para-hydroxylation sites is 2. The van der Waals surface area contributed by atoms with Crippen molar-refractivity contribution in [2.24, 2.45) is 11.7 Å². The second-order valence-electron chi connectivity index (χ2n) is 7.29. The summed E-state index contributed by atoms with van der Waals surface area (Å²) in [4.78, 5) is 12.2. The number of carbonyl (C=O) groups excluding carboxylic acids is 1. The first-order valence-electron chi connectivity index (χ1n) is 9.99. The topological polar surface area (TPSA) is 70.8 Å². The van der Waals surface area contributed by atoms with Gasteiger partial charge in [0.15, 0.2) is 0 Å². The van der Waals surface area contributed by atoms with E-state index in [9.17, 15) is 4.79 Å². The van der Waals surface area contributed by atoms with Crippen molar-refractivity contribution in [3.63, 3.8) is 0 Å². The Labute approximate surface area is 166 Å². The number of nitrogens with two attached hydrogens (primary N) is 1. The van der Waals surface area contributed by atoms with Crippen molar-refractivity contribution in [3.05, 3.63) is 60.7 Å². The van der Waals surface area contributed by atoms with E-state index >= 15 is 0 Å². The molecule has 28 heavy (non-hydrogen) atoms. The summed E-state index contributed by atoms with van der Waals surface area (Å²) in [6, 6.07) is 18.9. The number of carbonyl (C=O) groups is 1. The lowest BCUT2D eigenvalue weighted by Crippen LogP contribution is -2.42. The van der Waals surface area contributed by atoms with Crippen LogP contribution in [0.3, 0.4) is 0 Å². The van der Waals surface area contributed by atoms with Gasteiger partial charge in [-0.3, -0.25) is 4.79 Å². The highest BCUT2D eigenvalue weighted by molar-refractivity contribution is 5.75. The molecule has 1 heterocycles. The zero-order chi connectivity index (χ0) is 19.8. The Balaban J connectivity index is 1.71. The lowest BCUT2D eigenvalue weighted by molar-refractivity contribution is -0.155. The highest BCUT2D eigenvalue weighted by atomic mass is 16.6. The SMILES string of the molecule is CC1OC(=O)C(N)CCCC(CCOc2ccccc2)C1Oc1ccccc1. The molecule has 5 heteroatoms. The zero-order valence-corrected chi connectivity index (χ0v) is 16.3. The molecule has 1 saturated heterocycles. The number of benzene rings is 2. The smallest absolute Gasteiger partial charge is 0.323 e. The van der Waals surface area contributed by atoms with E-state index in [1.54, 1.807) is 0 Å². The third-order valence-corrected chi connectivity index (χ3v) is 5.14. The van der Waals surface area contributed by atoms with E-state index in [0.717, 1.165) is 30.8 Å². The van der Waals surface area contributed by atoms with Crippen LogP contribution >= 0.6 is 0 Å². The van der Waals surface area contributed by atoms with Crippen LogP contribution in [0.15, 0.2) is 60.7 Å². The van der Waals surface area contributed by atoms with E-state index in [1.807, 2.05) is 67.6 Å². The average molecular weight is 383 g/mol. The van der Waals surface area contributed by atoms with Gasteiger partial charge < -0.3 is 19.9 Å². The summed E-state index contributed by atoms with van der Waals surface area (Å²) in [6.45, 7) is 2.46. The highest BCUT2D eigenvalue weighted by Gasteiger charge is 2.34. The summed E-state index contributed by atoms with van der Waals surface area (Å²) in [7, 11) is 0. The van der Waals surface area contributed by atoms with Gasteiger partial charge in [-0.1, -0.05) is 42.8 Å². The Morgan fingerprint density at radius 2 is 1.64 bits per heavy atom. The molecule has 4 unspecified atom stereocenters. The molecule has 150 valence electrons. The largest absolute Gasteiger partial charge is 0.494 e. The fourth-order valence-corrected chi connectivity index (χ4v) is 3.60. The molecular formula is C23H29NO4. The van der Waals surface area contributed by atoms with Gasteiger partial charge in [0.05, 0.1) is 6.61 Å². The molecular weight excluding hydrogens is 354 g/mol. The Morgan fingerprint density at radius 3 is 2.32 bits per heavy atom. The van der Waals surface area contributed by atoms with Crippen LogP contribution in [0.1, 0.15) is 32.6 Å². The summed E-state index contributed by atoms with van der Waals surface area (Å²) >= 11 is 0. The summed E-state index contributed by atoms with van der Waals surface area (Å²) in [5.41, 5.74) is 5.96. The molecule has 1 fully saturated rings. The molecule has 0 bridgehead atoms. The molecule has 1 aliphatic heterocycles. The molecule has 2 N–H and O–H groups in total. The Kier molecular flexibility index (Phi) is 7.31. The predicted octanol–water partition coefficient (Wildman–Crippen LogP) is 3.96. The molecule has 0 radical (unpaired) electrons. The van der Waals surface area contributed by atoms with Crippen molar-refractivity contribution >= 4 is 5.97 Å². The monoisotopic (exact) mass is 383 g/mol. The average Bonchev–Trinajstić information content (AvgIpc) is 2.76. The highest BCUT2D eigenvalue weighted by Crippen LogP contribution is 2.28. The molecule has 1 aliphatic rings. The summed E-state index contributed by atoms with van der Waals surface area (Å²) in [5.74, 6) is 1.47. The van der Waals surface area contributed by atoms with Crippen LogP contribution in [0.4, 0.5) is 0 Å². The Morgan fingerprint density at radius 1 is 1.00 bits per heavy atom. The molecule has 0 aromatic heterocycles. The van der Waals surface area contributed by atoms with Crippen LogP contribution in [0, 0.1) is 5.92 Å². The standard InChI is InChI=1S/C23H29NO4/c1-17-22(28-20-12-6-3-7-13-20)18(9-8-14-21(24)23(25)27-17)15-16-26-19-10-4-2-5-11-19/h2-7,10-13,17-18,21-22H,8-9,14-16,24H2,1H3. The minimum atomic E-state index is -0.570. The van der Waals surface area contributed by atoms with Gasteiger partial charge in [-0.15, -0.1) is 0 Å². The van der Waals surface area contributed by atoms with Crippen molar-refractivity contribution in [2.45, 2.75) is 50.9 Å². The molecule has 2 aromatic rings. The number of ether oxygens (including phenoxy) is 3. The molecule has 0 spiro atoms. The van der Waals surface area contributed by atoms with Crippen LogP contribution in [0.5, 0.6) is 11.5 Å². The van der Waals surface area contributed by atoms with Crippen molar-refractivity contribution in [1.82, 2.24) is 0 Å². The van der Waals surface area contributed by atoms with E-state index in [0.29, 0.717) is 13.0 Å². The first-order valence-corrected chi connectivity index (χ1v) is 9.99. The van der Waals surface area contributed by atoms with E-state index in [1.165, 1.54) is 0 Å². The number of hydrogen-bond acceptors (Lipinski definition) is 5. The van der Waals surface area contributed by atoms with Gasteiger partial charge in [0, 0.05) is 5.92 Å². The summed E-state index contributed by atoms with van der Waals surface area (Å²) in [6.07, 6.45) is 2.55. The molecule has 2 aromatic carbocycles. The molecule has 5 nitrogen and oxygen atoms in total. The normalized spacial score (nSPS) is 25.7. The predicted molar refractivity (Wildman–Crippen MR) is 108 cm³/mol. The van der Waals surface area contributed by atoms with Crippen molar-refractivity contribution in [2.75, 3.05) is 6.61 Å². The molecule has 4 atom stereocenters. The third-order valence-electron chi connectivity index (χ3n) is 5.14. The first-order chi connectivity index (χ1) is 13.6. The van der Waals surface area contributed by atoms with E-state index in [-0.39, 0.29) is 18.0 Å². The maximum atomic E-state index is 12.2.